The summed E-state index contributed by atoms with van der Waals surface area (Å²) in [6.07, 6.45) is -0.658. The number of carbonyl (C=O) groups is 1. The highest BCUT2D eigenvalue weighted by Crippen LogP contribution is 2.31. The molecule has 1 fully saturated rings. The summed E-state index contributed by atoms with van der Waals surface area (Å²) in [5.41, 5.74) is 0.659. The number of nitrogens with one attached hydrogen (secondary N) is 1. The predicted molar refractivity (Wildman–Crippen MR) is 90.8 cm³/mol. The lowest BCUT2D eigenvalue weighted by atomic mass is 10.1. The zero-order valence-corrected chi connectivity index (χ0v) is 15.0. The Bertz CT molecular complexity index is 802. The van der Waals surface area contributed by atoms with Gasteiger partial charge in [0.15, 0.2) is 11.5 Å². The van der Waals surface area contributed by atoms with Gasteiger partial charge >= 0.3 is 6.03 Å². The summed E-state index contributed by atoms with van der Waals surface area (Å²) in [5.74, 6) is -1.06. The minimum Gasteiger partial charge on any atom is -0.493 e. The second-order valence-corrected chi connectivity index (χ2v) is 6.08. The average Bonchev–Trinajstić information content (AvgIpc) is 3.14. The number of rotatable bonds is 5. The van der Waals surface area contributed by atoms with Crippen LogP contribution in [0, 0.1) is 0 Å². The summed E-state index contributed by atoms with van der Waals surface area (Å²) < 4.78 is 41.9. The van der Waals surface area contributed by atoms with Gasteiger partial charge in [-0.1, -0.05) is 5.16 Å². The molecule has 0 unspecified atom stereocenters. The lowest BCUT2D eigenvalue weighted by molar-refractivity contribution is -0.0470. The van der Waals surface area contributed by atoms with Crippen molar-refractivity contribution in [3.63, 3.8) is 0 Å². The van der Waals surface area contributed by atoms with Gasteiger partial charge in [0.25, 0.3) is 5.92 Å². The van der Waals surface area contributed by atoms with Gasteiger partial charge in [0.1, 0.15) is 0 Å². The minimum atomic E-state index is -2.70. The molecule has 1 N–H and O–H groups in total. The number of aromatic nitrogens is 2. The molecule has 10 heteroatoms. The van der Waals surface area contributed by atoms with Gasteiger partial charge in [-0.15, -0.1) is 0 Å². The molecule has 0 bridgehead atoms. The van der Waals surface area contributed by atoms with Crippen LogP contribution < -0.4 is 14.8 Å². The van der Waals surface area contributed by atoms with Crippen molar-refractivity contribution in [1.29, 1.82) is 0 Å². The van der Waals surface area contributed by atoms with E-state index in [1.54, 1.807) is 18.2 Å². The SMILES string of the molecule is COc1ccc(-c2noc(CNC(=O)N3CCC(F)(F)CC3)n2)cc1OC. The van der Waals surface area contributed by atoms with Crippen LogP contribution in [0.25, 0.3) is 11.4 Å². The zero-order chi connectivity index (χ0) is 19.4. The summed E-state index contributed by atoms with van der Waals surface area (Å²) in [7, 11) is 3.06. The number of alkyl halides is 2. The molecule has 0 spiro atoms. The van der Waals surface area contributed by atoms with E-state index in [2.05, 4.69) is 15.5 Å². The first-order valence-electron chi connectivity index (χ1n) is 8.37. The van der Waals surface area contributed by atoms with Crippen molar-refractivity contribution >= 4 is 6.03 Å². The van der Waals surface area contributed by atoms with Crippen molar-refractivity contribution in [2.45, 2.75) is 25.3 Å². The maximum Gasteiger partial charge on any atom is 0.317 e. The van der Waals surface area contributed by atoms with Gasteiger partial charge in [0, 0.05) is 31.5 Å². The van der Waals surface area contributed by atoms with Crippen LogP contribution in [0.15, 0.2) is 22.7 Å². The number of benzene rings is 1. The number of nitrogens with zero attached hydrogens (tertiary/aromatic N) is 3. The molecule has 2 aromatic rings. The van der Waals surface area contributed by atoms with E-state index in [-0.39, 0.29) is 38.4 Å². The Morgan fingerprint density at radius 3 is 2.63 bits per heavy atom. The van der Waals surface area contributed by atoms with E-state index in [9.17, 15) is 13.6 Å². The molecule has 1 saturated heterocycles. The number of halogens is 2. The Morgan fingerprint density at radius 2 is 1.96 bits per heavy atom. The number of urea groups is 1. The highest BCUT2D eigenvalue weighted by molar-refractivity contribution is 5.74. The summed E-state index contributed by atoms with van der Waals surface area (Å²) >= 11 is 0. The van der Waals surface area contributed by atoms with Gasteiger partial charge in [0.05, 0.1) is 20.8 Å². The number of hydrogen-bond donors (Lipinski definition) is 1. The maximum absolute atomic E-state index is 13.1. The number of methoxy groups -OCH3 is 2. The molecule has 2 heterocycles. The van der Waals surface area contributed by atoms with Gasteiger partial charge in [-0.25, -0.2) is 13.6 Å². The smallest absolute Gasteiger partial charge is 0.317 e. The second kappa shape index (κ2) is 7.77. The molecule has 8 nitrogen and oxygen atoms in total. The zero-order valence-electron chi connectivity index (χ0n) is 15.0. The molecule has 2 amide bonds. The van der Waals surface area contributed by atoms with E-state index in [1.807, 2.05) is 0 Å². The Morgan fingerprint density at radius 1 is 1.26 bits per heavy atom. The van der Waals surface area contributed by atoms with E-state index < -0.39 is 12.0 Å². The summed E-state index contributed by atoms with van der Waals surface area (Å²) in [6, 6.07) is 4.75. The first-order chi connectivity index (χ1) is 12.9. The highest BCUT2D eigenvalue weighted by Gasteiger charge is 2.35. The lowest BCUT2D eigenvalue weighted by Crippen LogP contribution is -2.47. The lowest BCUT2D eigenvalue weighted by Gasteiger charge is -2.31. The van der Waals surface area contributed by atoms with Crippen LogP contribution in [-0.4, -0.2) is 54.3 Å². The van der Waals surface area contributed by atoms with Crippen LogP contribution >= 0.6 is 0 Å². The fraction of sp³-hybridized carbons (Fsp3) is 0.471. The van der Waals surface area contributed by atoms with Crippen LogP contribution in [0.1, 0.15) is 18.7 Å². The first kappa shape index (κ1) is 18.9. The number of piperidine rings is 1. The van der Waals surface area contributed by atoms with Crippen LogP contribution in [0.5, 0.6) is 11.5 Å². The average molecular weight is 382 g/mol. The molecular weight excluding hydrogens is 362 g/mol. The van der Waals surface area contributed by atoms with E-state index in [0.29, 0.717) is 22.9 Å². The van der Waals surface area contributed by atoms with Crippen molar-refractivity contribution in [2.75, 3.05) is 27.3 Å². The molecule has 1 aliphatic heterocycles. The largest absolute Gasteiger partial charge is 0.493 e. The van der Waals surface area contributed by atoms with Gasteiger partial charge in [0.2, 0.25) is 11.7 Å². The summed E-state index contributed by atoms with van der Waals surface area (Å²) in [4.78, 5) is 17.6. The molecule has 0 radical (unpaired) electrons. The standard InChI is InChI=1S/C17H20F2N4O4/c1-25-12-4-3-11(9-13(12)26-2)15-21-14(27-22-15)10-20-16(24)23-7-5-17(18,19)6-8-23/h3-4,9H,5-8,10H2,1-2H3,(H,20,24). The third-order valence-electron chi connectivity index (χ3n) is 4.28. The summed E-state index contributed by atoms with van der Waals surface area (Å²) in [6.45, 7) is 0.0329. The highest BCUT2D eigenvalue weighted by atomic mass is 19.3. The molecule has 1 aromatic carbocycles. The monoisotopic (exact) mass is 382 g/mol. The minimum absolute atomic E-state index is 0.00597. The molecule has 0 saturated carbocycles. The molecule has 146 valence electrons. The van der Waals surface area contributed by atoms with Crippen LogP contribution in [0.2, 0.25) is 0 Å². The third kappa shape index (κ3) is 4.44. The van der Waals surface area contributed by atoms with E-state index in [0.717, 1.165) is 0 Å². The molecule has 27 heavy (non-hydrogen) atoms. The Balaban J connectivity index is 1.59. The number of amides is 2. The Hall–Kier alpha value is -2.91. The predicted octanol–water partition coefficient (Wildman–Crippen LogP) is 2.69. The number of ether oxygens (including phenoxy) is 2. The van der Waals surface area contributed by atoms with E-state index in [1.165, 1.54) is 19.1 Å². The van der Waals surface area contributed by atoms with Crippen molar-refractivity contribution < 1.29 is 27.6 Å². The van der Waals surface area contributed by atoms with Crippen molar-refractivity contribution in [3.05, 3.63) is 24.1 Å². The quantitative estimate of drug-likeness (QED) is 0.855. The van der Waals surface area contributed by atoms with Gasteiger partial charge in [-0.05, 0) is 18.2 Å². The number of likely N-dealkylation sites (tertiary alicyclic amines) is 1. The van der Waals surface area contributed by atoms with Gasteiger partial charge < -0.3 is 24.2 Å². The summed E-state index contributed by atoms with van der Waals surface area (Å²) in [5, 5.41) is 6.48. The van der Waals surface area contributed by atoms with E-state index >= 15 is 0 Å². The molecule has 0 atom stereocenters. The Kier molecular flexibility index (Phi) is 5.43. The fourth-order valence-electron chi connectivity index (χ4n) is 2.72. The number of carbonyl (C=O) groups excluding carboxylic acids is 1. The third-order valence-corrected chi connectivity index (χ3v) is 4.28. The van der Waals surface area contributed by atoms with Gasteiger partial charge in [-0.2, -0.15) is 4.98 Å². The second-order valence-electron chi connectivity index (χ2n) is 6.08. The Labute approximate surface area is 154 Å². The van der Waals surface area contributed by atoms with Crippen molar-refractivity contribution in [3.8, 4) is 22.9 Å². The molecule has 0 aliphatic carbocycles. The van der Waals surface area contributed by atoms with Crippen LogP contribution in [0.3, 0.4) is 0 Å². The maximum atomic E-state index is 13.1. The van der Waals surface area contributed by atoms with Crippen molar-refractivity contribution in [1.82, 2.24) is 20.4 Å². The number of hydrogen-bond acceptors (Lipinski definition) is 6. The normalized spacial score (nSPS) is 16.1. The van der Waals surface area contributed by atoms with Crippen LogP contribution in [-0.2, 0) is 6.54 Å². The first-order valence-corrected chi connectivity index (χ1v) is 8.37. The molecular formula is C17H20F2N4O4. The van der Waals surface area contributed by atoms with Crippen molar-refractivity contribution in [2.24, 2.45) is 0 Å². The molecule has 3 rings (SSSR count). The van der Waals surface area contributed by atoms with Gasteiger partial charge in [-0.3, -0.25) is 0 Å². The topological polar surface area (TPSA) is 89.7 Å². The van der Waals surface area contributed by atoms with Crippen LogP contribution in [0.4, 0.5) is 13.6 Å². The molecule has 1 aromatic heterocycles. The fourth-order valence-corrected chi connectivity index (χ4v) is 2.72. The molecule has 1 aliphatic rings. The van der Waals surface area contributed by atoms with E-state index in [4.69, 9.17) is 14.0 Å².